The van der Waals surface area contributed by atoms with E-state index >= 15 is 0 Å². The summed E-state index contributed by atoms with van der Waals surface area (Å²) in [4.78, 5) is 14.9. The summed E-state index contributed by atoms with van der Waals surface area (Å²) in [5, 5.41) is 6.17. The van der Waals surface area contributed by atoms with Gasteiger partial charge in [-0.1, -0.05) is 11.6 Å². The highest BCUT2D eigenvalue weighted by Crippen LogP contribution is 2.29. The highest BCUT2D eigenvalue weighted by atomic mass is 79.9. The molecule has 78 valence electrons. The van der Waals surface area contributed by atoms with Crippen LogP contribution in [0, 0.1) is 0 Å². The molecule has 0 fully saturated rings. The van der Waals surface area contributed by atoms with Crippen molar-refractivity contribution < 1.29 is 4.79 Å². The van der Waals surface area contributed by atoms with Crippen LogP contribution in [0.5, 0.6) is 0 Å². The second-order valence-electron chi connectivity index (χ2n) is 3.04. The number of pyridine rings is 1. The van der Waals surface area contributed by atoms with E-state index in [9.17, 15) is 4.79 Å². The molecular weight excluding hydrogens is 281 g/mol. The van der Waals surface area contributed by atoms with Crippen molar-refractivity contribution in [3.8, 4) is 0 Å². The molecule has 0 N–H and O–H groups in total. The Kier molecular flexibility index (Phi) is 3.02. The fourth-order valence-electron chi connectivity index (χ4n) is 1.35. The lowest BCUT2D eigenvalue weighted by molar-refractivity contribution is -0.108. The van der Waals surface area contributed by atoms with Gasteiger partial charge in [0.15, 0.2) is 5.82 Å². The number of carbonyl (C=O) groups excluding carboxylic acids is 1. The van der Waals surface area contributed by atoms with Gasteiger partial charge in [0.05, 0.1) is 5.02 Å². The molecule has 0 bridgehead atoms. The fourth-order valence-corrected chi connectivity index (χ4v) is 2.06. The van der Waals surface area contributed by atoms with Crippen molar-refractivity contribution in [3.63, 3.8) is 0 Å². The van der Waals surface area contributed by atoms with Crippen molar-refractivity contribution in [2.45, 2.75) is 12.5 Å². The number of aldehydes is 1. The van der Waals surface area contributed by atoms with E-state index < -0.39 is 0 Å². The first-order chi connectivity index (χ1) is 7.22. The van der Waals surface area contributed by atoms with Crippen LogP contribution in [0.25, 0.3) is 0 Å². The van der Waals surface area contributed by atoms with Crippen LogP contribution in [0.4, 0.5) is 5.82 Å². The number of anilines is 1. The molecule has 2 heterocycles. The van der Waals surface area contributed by atoms with Crippen LogP contribution < -0.4 is 5.01 Å². The van der Waals surface area contributed by atoms with Gasteiger partial charge in [-0.25, -0.2) is 9.99 Å². The number of rotatable bonds is 2. The van der Waals surface area contributed by atoms with Crippen molar-refractivity contribution in [1.29, 1.82) is 0 Å². The molecule has 1 atom stereocenters. The van der Waals surface area contributed by atoms with E-state index in [2.05, 4.69) is 26.0 Å². The fraction of sp³-hybridized carbons (Fsp3) is 0.222. The quantitative estimate of drug-likeness (QED) is 0.784. The smallest absolute Gasteiger partial charge is 0.168 e. The second-order valence-corrected chi connectivity index (χ2v) is 4.36. The maximum absolute atomic E-state index is 10.8. The molecule has 2 rings (SSSR count). The molecule has 1 unspecified atom stereocenters. The first-order valence-electron chi connectivity index (χ1n) is 4.30. The predicted octanol–water partition coefficient (Wildman–Crippen LogP) is 2.22. The third kappa shape index (κ3) is 2.03. The van der Waals surface area contributed by atoms with Crippen LogP contribution in [0.3, 0.4) is 0 Å². The molecule has 6 heteroatoms. The first-order valence-corrected chi connectivity index (χ1v) is 5.47. The number of halogens is 2. The zero-order valence-corrected chi connectivity index (χ0v) is 9.94. The predicted molar refractivity (Wildman–Crippen MR) is 62.6 cm³/mol. The van der Waals surface area contributed by atoms with Gasteiger partial charge in [-0.15, -0.1) is 0 Å². The van der Waals surface area contributed by atoms with Gasteiger partial charge in [0.2, 0.25) is 0 Å². The van der Waals surface area contributed by atoms with Crippen molar-refractivity contribution in [1.82, 2.24) is 4.98 Å². The monoisotopic (exact) mass is 287 g/mol. The second kappa shape index (κ2) is 4.28. The highest BCUT2D eigenvalue weighted by Gasteiger charge is 2.28. The Morgan fingerprint density at radius 3 is 3.13 bits per heavy atom. The molecule has 15 heavy (non-hydrogen) atoms. The van der Waals surface area contributed by atoms with Crippen LogP contribution in [0.1, 0.15) is 6.42 Å². The Morgan fingerprint density at radius 2 is 2.47 bits per heavy atom. The van der Waals surface area contributed by atoms with Gasteiger partial charge in [-0.2, -0.15) is 5.10 Å². The molecule has 0 aromatic carbocycles. The molecule has 0 spiro atoms. The van der Waals surface area contributed by atoms with Gasteiger partial charge in [0, 0.05) is 12.6 Å². The minimum absolute atomic E-state index is 0.327. The van der Waals surface area contributed by atoms with Crippen LogP contribution >= 0.6 is 27.5 Å². The lowest BCUT2D eigenvalue weighted by Crippen LogP contribution is -2.28. The normalized spacial score (nSPS) is 20.3. The van der Waals surface area contributed by atoms with Crippen LogP contribution in [-0.2, 0) is 4.79 Å². The largest absolute Gasteiger partial charge is 0.301 e. The van der Waals surface area contributed by atoms with Crippen molar-refractivity contribution in [2.75, 3.05) is 5.01 Å². The minimum Gasteiger partial charge on any atom is -0.301 e. The number of carbonyl (C=O) groups is 1. The number of hydrogen-bond acceptors (Lipinski definition) is 4. The topological polar surface area (TPSA) is 45.6 Å². The molecule has 1 aliphatic heterocycles. The summed E-state index contributed by atoms with van der Waals surface area (Å²) in [6.07, 6.45) is 3.00. The number of aromatic nitrogens is 1. The molecule has 1 aromatic rings. The average Bonchev–Trinajstić information content (AvgIpc) is 2.60. The third-order valence-corrected chi connectivity index (χ3v) is 2.80. The summed E-state index contributed by atoms with van der Waals surface area (Å²) >= 11 is 9.23. The Balaban J connectivity index is 2.38. The zero-order chi connectivity index (χ0) is 10.8. The highest BCUT2D eigenvalue weighted by molar-refractivity contribution is 9.18. The Labute approximate surface area is 100 Å². The van der Waals surface area contributed by atoms with Crippen molar-refractivity contribution >= 4 is 44.3 Å². The van der Waals surface area contributed by atoms with E-state index in [4.69, 9.17) is 11.6 Å². The van der Waals surface area contributed by atoms with Gasteiger partial charge in [-0.05, 0) is 28.1 Å². The lowest BCUT2D eigenvalue weighted by atomic mass is 10.2. The van der Waals surface area contributed by atoms with E-state index in [-0.39, 0.29) is 6.04 Å². The maximum atomic E-state index is 10.8. The summed E-state index contributed by atoms with van der Waals surface area (Å²) in [5.41, 5.74) is 0. The first kappa shape index (κ1) is 10.6. The number of hydrazone groups is 1. The summed E-state index contributed by atoms with van der Waals surface area (Å²) in [6.45, 7) is 0. The molecule has 4 nitrogen and oxygen atoms in total. The van der Waals surface area contributed by atoms with Crippen molar-refractivity contribution in [3.05, 3.63) is 23.4 Å². The summed E-state index contributed by atoms with van der Waals surface area (Å²) in [7, 11) is 0. The van der Waals surface area contributed by atoms with Crippen molar-refractivity contribution in [2.24, 2.45) is 5.10 Å². The molecule has 0 aliphatic carbocycles. The van der Waals surface area contributed by atoms with E-state index in [0.29, 0.717) is 17.3 Å². The van der Waals surface area contributed by atoms with E-state index in [1.165, 1.54) is 5.01 Å². The number of hydrogen-bond donors (Lipinski definition) is 0. The average molecular weight is 289 g/mol. The molecule has 0 saturated carbocycles. The van der Waals surface area contributed by atoms with Crippen LogP contribution in [0.15, 0.2) is 23.4 Å². The van der Waals surface area contributed by atoms with E-state index in [1.54, 1.807) is 18.3 Å². The molecule has 1 aliphatic rings. The third-order valence-electron chi connectivity index (χ3n) is 2.02. The van der Waals surface area contributed by atoms with Gasteiger partial charge < -0.3 is 4.79 Å². The SMILES string of the molecule is O=CC1CC(Br)=NN1c1ncccc1Cl. The van der Waals surface area contributed by atoms with Gasteiger partial charge in [-0.3, -0.25) is 0 Å². The summed E-state index contributed by atoms with van der Waals surface area (Å²) in [5.74, 6) is 0.505. The van der Waals surface area contributed by atoms with Gasteiger partial charge in [0.1, 0.15) is 16.9 Å². The van der Waals surface area contributed by atoms with E-state index in [0.717, 1.165) is 10.9 Å². The van der Waals surface area contributed by atoms with E-state index in [1.807, 2.05) is 0 Å². The molecular formula is C9H7BrClN3O. The van der Waals surface area contributed by atoms with Gasteiger partial charge in [0.25, 0.3) is 0 Å². The Morgan fingerprint density at radius 1 is 1.67 bits per heavy atom. The minimum atomic E-state index is -0.327. The Hall–Kier alpha value is -0.940. The molecule has 0 amide bonds. The maximum Gasteiger partial charge on any atom is 0.168 e. The summed E-state index contributed by atoms with van der Waals surface area (Å²) in [6, 6.07) is 3.12. The molecule has 0 radical (unpaired) electrons. The lowest BCUT2D eigenvalue weighted by Gasteiger charge is -2.18. The molecule has 1 aromatic heterocycles. The zero-order valence-electron chi connectivity index (χ0n) is 7.60. The number of nitrogens with zero attached hydrogens (tertiary/aromatic N) is 3. The van der Waals surface area contributed by atoms with Gasteiger partial charge >= 0.3 is 0 Å². The Bertz CT molecular complexity index is 424. The standard InChI is InChI=1S/C9H7BrClN3O/c10-8-4-6(5-15)14(13-8)9-7(11)2-1-3-12-9/h1-3,5-6H,4H2. The molecule has 0 saturated heterocycles. The van der Waals surface area contributed by atoms with Crippen LogP contribution in [-0.4, -0.2) is 21.9 Å². The van der Waals surface area contributed by atoms with Crippen LogP contribution in [0.2, 0.25) is 5.02 Å². The summed E-state index contributed by atoms with van der Waals surface area (Å²) < 4.78 is 0.723.